The van der Waals surface area contributed by atoms with Gasteiger partial charge in [-0.3, -0.25) is 9.80 Å². The van der Waals surface area contributed by atoms with Gasteiger partial charge in [-0.15, -0.1) is 0 Å². The van der Waals surface area contributed by atoms with Crippen LogP contribution in [0.15, 0.2) is 42.5 Å². The van der Waals surface area contributed by atoms with Crippen molar-refractivity contribution in [2.75, 3.05) is 40.4 Å². The van der Waals surface area contributed by atoms with E-state index in [-0.39, 0.29) is 0 Å². The minimum atomic E-state index is -1.82. The number of hydrogen-bond donors (Lipinski definition) is 2. The average Bonchev–Trinajstić information content (AvgIpc) is 2.77. The van der Waals surface area contributed by atoms with Gasteiger partial charge in [0.05, 0.1) is 14.2 Å². The summed E-state index contributed by atoms with van der Waals surface area (Å²) in [7, 11) is 3.43. The summed E-state index contributed by atoms with van der Waals surface area (Å²) in [5.74, 6) is -1.83. The fourth-order valence-electron chi connectivity index (χ4n) is 3.30. The van der Waals surface area contributed by atoms with Crippen LogP contribution in [0, 0.1) is 6.92 Å². The van der Waals surface area contributed by atoms with Crippen molar-refractivity contribution in [2.45, 2.75) is 20.0 Å². The Morgan fingerprint density at radius 3 is 1.87 bits per heavy atom. The second-order valence-corrected chi connectivity index (χ2v) is 7.33. The zero-order valence-corrected chi connectivity index (χ0v) is 18.2. The molecule has 1 fully saturated rings. The molecule has 0 saturated carbocycles. The summed E-state index contributed by atoms with van der Waals surface area (Å²) < 4.78 is 10.9. The molecule has 0 radical (unpaired) electrons. The maximum Gasteiger partial charge on any atom is 0.414 e. The molecule has 168 valence electrons. The van der Waals surface area contributed by atoms with Gasteiger partial charge >= 0.3 is 11.9 Å². The summed E-state index contributed by atoms with van der Waals surface area (Å²) in [6.07, 6.45) is 0. The first-order valence-corrected chi connectivity index (χ1v) is 9.99. The minimum absolute atomic E-state index is 0.883. The Hall–Kier alpha value is -3.10. The van der Waals surface area contributed by atoms with Gasteiger partial charge in [0.25, 0.3) is 0 Å². The third kappa shape index (κ3) is 7.92. The number of carboxylic acids is 2. The van der Waals surface area contributed by atoms with Gasteiger partial charge in [-0.1, -0.05) is 29.8 Å². The average molecular weight is 431 g/mol. The van der Waals surface area contributed by atoms with Crippen LogP contribution in [0.2, 0.25) is 0 Å². The molecule has 8 heteroatoms. The number of benzene rings is 2. The minimum Gasteiger partial charge on any atom is -0.497 e. The molecule has 0 aromatic heterocycles. The number of hydrogen-bond acceptors (Lipinski definition) is 6. The predicted molar refractivity (Wildman–Crippen MR) is 117 cm³/mol. The maximum atomic E-state index is 9.10. The van der Waals surface area contributed by atoms with Crippen LogP contribution >= 0.6 is 0 Å². The maximum absolute atomic E-state index is 9.10. The van der Waals surface area contributed by atoms with Crippen LogP contribution in [0.3, 0.4) is 0 Å². The Balaban J connectivity index is 0.000000501. The number of ether oxygens (including phenoxy) is 2. The molecule has 2 aromatic carbocycles. The van der Waals surface area contributed by atoms with Gasteiger partial charge in [0.15, 0.2) is 0 Å². The van der Waals surface area contributed by atoms with E-state index in [0.29, 0.717) is 0 Å². The topological polar surface area (TPSA) is 99.5 Å². The summed E-state index contributed by atoms with van der Waals surface area (Å²) in [5.41, 5.74) is 3.91. The van der Waals surface area contributed by atoms with Crippen LogP contribution in [0.25, 0.3) is 0 Å². The predicted octanol–water partition coefficient (Wildman–Crippen LogP) is 2.49. The lowest BCUT2D eigenvalue weighted by molar-refractivity contribution is -0.159. The number of aliphatic carboxylic acids is 2. The van der Waals surface area contributed by atoms with E-state index >= 15 is 0 Å². The number of carboxylic acid groups (broad SMARTS) is 2. The lowest BCUT2D eigenvalue weighted by atomic mass is 10.1. The molecule has 0 unspecified atom stereocenters. The van der Waals surface area contributed by atoms with E-state index in [9.17, 15) is 0 Å². The molecule has 1 aliphatic heterocycles. The van der Waals surface area contributed by atoms with E-state index < -0.39 is 11.9 Å². The van der Waals surface area contributed by atoms with Gasteiger partial charge in [0.1, 0.15) is 11.5 Å². The standard InChI is InChI=1S/C21H28N2O2.C2H2O4/c1-17-4-6-18(7-5-17)15-22-10-12-23(13-11-22)16-19-14-20(24-2)8-9-21(19)25-3;3-1(4)2(5)6/h4-9,14H,10-13,15-16H2,1-3H3;(H,3,4)(H,5,6). The van der Waals surface area contributed by atoms with Crippen LogP contribution in [0.4, 0.5) is 0 Å². The van der Waals surface area contributed by atoms with Crippen molar-refractivity contribution in [3.63, 3.8) is 0 Å². The molecule has 1 heterocycles. The summed E-state index contributed by atoms with van der Waals surface area (Å²) in [6, 6.07) is 14.9. The number of methoxy groups -OCH3 is 2. The van der Waals surface area contributed by atoms with Crippen molar-refractivity contribution in [2.24, 2.45) is 0 Å². The molecule has 1 aliphatic rings. The van der Waals surface area contributed by atoms with Gasteiger partial charge in [0, 0.05) is 44.8 Å². The van der Waals surface area contributed by atoms with Gasteiger partial charge in [-0.25, -0.2) is 9.59 Å². The zero-order valence-electron chi connectivity index (χ0n) is 18.2. The fraction of sp³-hybridized carbons (Fsp3) is 0.391. The SMILES string of the molecule is COc1ccc(OC)c(CN2CCN(Cc3ccc(C)cc3)CC2)c1.O=C(O)C(=O)O. The van der Waals surface area contributed by atoms with Gasteiger partial charge in [-0.05, 0) is 30.7 Å². The summed E-state index contributed by atoms with van der Waals surface area (Å²) in [4.78, 5) is 23.2. The van der Waals surface area contributed by atoms with Gasteiger partial charge in [-0.2, -0.15) is 0 Å². The molecule has 0 bridgehead atoms. The Morgan fingerprint density at radius 2 is 1.39 bits per heavy atom. The molecule has 3 rings (SSSR count). The third-order valence-electron chi connectivity index (χ3n) is 5.06. The zero-order chi connectivity index (χ0) is 22.8. The van der Waals surface area contributed by atoms with Crippen LogP contribution < -0.4 is 9.47 Å². The van der Waals surface area contributed by atoms with E-state index in [1.165, 1.54) is 16.7 Å². The lowest BCUT2D eigenvalue weighted by Gasteiger charge is -2.35. The van der Waals surface area contributed by atoms with Crippen LogP contribution in [0.1, 0.15) is 16.7 Å². The summed E-state index contributed by atoms with van der Waals surface area (Å²) >= 11 is 0. The second-order valence-electron chi connectivity index (χ2n) is 7.33. The molecule has 0 aliphatic carbocycles. The van der Waals surface area contributed by atoms with E-state index in [4.69, 9.17) is 29.3 Å². The van der Waals surface area contributed by atoms with Crippen molar-refractivity contribution in [1.82, 2.24) is 9.80 Å². The molecule has 0 atom stereocenters. The van der Waals surface area contributed by atoms with Crippen molar-refractivity contribution in [1.29, 1.82) is 0 Å². The first kappa shape index (κ1) is 24.2. The third-order valence-corrected chi connectivity index (χ3v) is 5.06. The molecule has 1 saturated heterocycles. The van der Waals surface area contributed by atoms with Crippen molar-refractivity contribution < 1.29 is 29.3 Å². The van der Waals surface area contributed by atoms with E-state index in [0.717, 1.165) is 50.8 Å². The largest absolute Gasteiger partial charge is 0.497 e. The molecule has 2 N–H and O–H groups in total. The number of carbonyl (C=O) groups is 2. The Bertz CT molecular complexity index is 849. The molecule has 8 nitrogen and oxygen atoms in total. The number of piperazine rings is 1. The highest BCUT2D eigenvalue weighted by Gasteiger charge is 2.18. The summed E-state index contributed by atoms with van der Waals surface area (Å²) in [5, 5.41) is 14.8. The van der Waals surface area contributed by atoms with Crippen molar-refractivity contribution in [3.8, 4) is 11.5 Å². The first-order valence-electron chi connectivity index (χ1n) is 9.99. The fourth-order valence-corrected chi connectivity index (χ4v) is 3.30. The van der Waals surface area contributed by atoms with Crippen LogP contribution in [-0.4, -0.2) is 72.4 Å². The molecule has 0 amide bonds. The van der Waals surface area contributed by atoms with Crippen molar-refractivity contribution in [3.05, 3.63) is 59.2 Å². The first-order chi connectivity index (χ1) is 14.8. The van der Waals surface area contributed by atoms with E-state index in [1.54, 1.807) is 14.2 Å². The molecule has 0 spiro atoms. The molecule has 31 heavy (non-hydrogen) atoms. The monoisotopic (exact) mass is 430 g/mol. The summed E-state index contributed by atoms with van der Waals surface area (Å²) in [6.45, 7) is 8.42. The smallest absolute Gasteiger partial charge is 0.414 e. The van der Waals surface area contributed by atoms with Gasteiger partial charge < -0.3 is 19.7 Å². The van der Waals surface area contributed by atoms with E-state index in [1.807, 2.05) is 12.1 Å². The highest BCUT2D eigenvalue weighted by atomic mass is 16.5. The number of rotatable bonds is 6. The van der Waals surface area contributed by atoms with Gasteiger partial charge in [0.2, 0.25) is 0 Å². The number of aryl methyl sites for hydroxylation is 1. The van der Waals surface area contributed by atoms with Crippen LogP contribution in [-0.2, 0) is 22.7 Å². The van der Waals surface area contributed by atoms with Crippen LogP contribution in [0.5, 0.6) is 11.5 Å². The molecular formula is C23H30N2O6. The molecule has 2 aromatic rings. The normalized spacial score (nSPS) is 14.3. The Kier molecular flexibility index (Phi) is 9.30. The second kappa shape index (κ2) is 11.9. The quantitative estimate of drug-likeness (QED) is 0.675. The van der Waals surface area contributed by atoms with Crippen molar-refractivity contribution >= 4 is 11.9 Å². The highest BCUT2D eigenvalue weighted by molar-refractivity contribution is 6.27. The Labute approximate surface area is 182 Å². The highest BCUT2D eigenvalue weighted by Crippen LogP contribution is 2.25. The Morgan fingerprint density at radius 1 is 0.839 bits per heavy atom. The van der Waals surface area contributed by atoms with E-state index in [2.05, 4.69) is 47.1 Å². The number of nitrogens with zero attached hydrogens (tertiary/aromatic N) is 2. The molecular weight excluding hydrogens is 400 g/mol. The lowest BCUT2D eigenvalue weighted by Crippen LogP contribution is -2.45.